The van der Waals surface area contributed by atoms with Gasteiger partial charge in [0, 0.05) is 0 Å². The molecule has 0 atom stereocenters. The molecule has 0 unspecified atom stereocenters. The predicted octanol–water partition coefficient (Wildman–Crippen LogP) is 1.73. The maximum Gasteiger partial charge on any atom is 0.342 e. The van der Waals surface area contributed by atoms with Crippen molar-refractivity contribution in [2.75, 3.05) is 6.26 Å². The highest BCUT2D eigenvalue weighted by atomic mass is 32.2. The van der Waals surface area contributed by atoms with E-state index >= 15 is 0 Å². The molecule has 0 fully saturated rings. The van der Waals surface area contributed by atoms with Gasteiger partial charge in [-0.1, -0.05) is 5.57 Å². The summed E-state index contributed by atoms with van der Waals surface area (Å²) in [7, 11) is 0. The summed E-state index contributed by atoms with van der Waals surface area (Å²) in [6, 6.07) is 0. The van der Waals surface area contributed by atoms with Crippen LogP contribution in [0.25, 0.3) is 0 Å². The molecule has 0 aromatic rings. The third kappa shape index (κ3) is 2.56. The van der Waals surface area contributed by atoms with Crippen LogP contribution in [0, 0.1) is 0 Å². The molecule has 9 heavy (non-hydrogen) atoms. The van der Waals surface area contributed by atoms with Crippen LogP contribution in [0.1, 0.15) is 13.8 Å². The number of hydrogen-bond donors (Lipinski definition) is 1. The first-order chi connectivity index (χ1) is 4.09. The quantitative estimate of drug-likeness (QED) is 0.603. The fourth-order valence-corrected chi connectivity index (χ4v) is 1.09. The molecule has 0 aliphatic carbocycles. The lowest BCUT2D eigenvalue weighted by atomic mass is 10.3. The van der Waals surface area contributed by atoms with Crippen molar-refractivity contribution in [3.63, 3.8) is 0 Å². The minimum atomic E-state index is -0.831. The fourth-order valence-electron chi connectivity index (χ4n) is 0.505. The second kappa shape index (κ2) is 3.56. The predicted molar refractivity (Wildman–Crippen MR) is 39.5 cm³/mol. The van der Waals surface area contributed by atoms with Gasteiger partial charge in [-0.25, -0.2) is 4.79 Å². The van der Waals surface area contributed by atoms with Gasteiger partial charge in [0.15, 0.2) is 0 Å². The zero-order chi connectivity index (χ0) is 7.44. The zero-order valence-electron chi connectivity index (χ0n) is 5.76. The molecule has 0 amide bonds. The minimum absolute atomic E-state index is 0.440. The van der Waals surface area contributed by atoms with E-state index in [9.17, 15) is 4.79 Å². The van der Waals surface area contributed by atoms with E-state index in [2.05, 4.69) is 0 Å². The summed E-state index contributed by atoms with van der Waals surface area (Å²) in [4.78, 5) is 10.7. The molecule has 1 N–H and O–H groups in total. The Morgan fingerprint density at radius 1 is 1.44 bits per heavy atom. The summed E-state index contributed by atoms with van der Waals surface area (Å²) in [6.45, 7) is 3.58. The SMILES string of the molecule is CSC(C(=O)O)=C(C)C. The van der Waals surface area contributed by atoms with E-state index in [1.54, 1.807) is 20.1 Å². The molecular formula is C6H10O2S. The van der Waals surface area contributed by atoms with Gasteiger partial charge < -0.3 is 5.11 Å². The van der Waals surface area contributed by atoms with Crippen molar-refractivity contribution in [3.05, 3.63) is 10.5 Å². The lowest BCUT2D eigenvalue weighted by molar-refractivity contribution is -0.131. The van der Waals surface area contributed by atoms with Crippen LogP contribution in [-0.2, 0) is 4.79 Å². The molecule has 0 heterocycles. The number of rotatable bonds is 2. The van der Waals surface area contributed by atoms with Crippen molar-refractivity contribution in [3.8, 4) is 0 Å². The Balaban J connectivity index is 4.35. The van der Waals surface area contributed by atoms with Crippen LogP contribution in [0.2, 0.25) is 0 Å². The number of allylic oxidation sites excluding steroid dienone is 1. The van der Waals surface area contributed by atoms with Crippen LogP contribution in [0.5, 0.6) is 0 Å². The molecule has 0 aromatic carbocycles. The minimum Gasteiger partial charge on any atom is -0.477 e. The summed E-state index contributed by atoms with van der Waals surface area (Å²) in [6.07, 6.45) is 1.76. The van der Waals surface area contributed by atoms with E-state index in [1.807, 2.05) is 0 Å². The molecule has 0 spiro atoms. The summed E-state index contributed by atoms with van der Waals surface area (Å²) in [5.41, 5.74) is 0.856. The monoisotopic (exact) mass is 146 g/mol. The maximum atomic E-state index is 10.3. The van der Waals surface area contributed by atoms with Crippen molar-refractivity contribution < 1.29 is 9.90 Å². The Hall–Kier alpha value is -0.440. The maximum absolute atomic E-state index is 10.3. The molecule has 0 saturated heterocycles. The Kier molecular flexibility index (Phi) is 3.39. The Labute approximate surface area is 59.0 Å². The van der Waals surface area contributed by atoms with E-state index in [0.29, 0.717) is 4.91 Å². The molecule has 0 aliphatic rings. The van der Waals surface area contributed by atoms with Crippen molar-refractivity contribution in [1.82, 2.24) is 0 Å². The number of carbonyl (C=O) groups is 1. The average molecular weight is 146 g/mol. The molecule has 52 valence electrons. The highest BCUT2D eigenvalue weighted by Gasteiger charge is 2.05. The van der Waals surface area contributed by atoms with Gasteiger partial charge in [0.25, 0.3) is 0 Å². The largest absolute Gasteiger partial charge is 0.477 e. The van der Waals surface area contributed by atoms with Gasteiger partial charge in [-0.15, -0.1) is 11.8 Å². The second-order valence-electron chi connectivity index (χ2n) is 1.84. The van der Waals surface area contributed by atoms with Crippen LogP contribution in [-0.4, -0.2) is 17.3 Å². The number of carboxylic acids is 1. The zero-order valence-corrected chi connectivity index (χ0v) is 6.58. The molecule has 0 bridgehead atoms. The van der Waals surface area contributed by atoms with Crippen LogP contribution < -0.4 is 0 Å². The molecule has 0 aliphatic heterocycles. The van der Waals surface area contributed by atoms with Gasteiger partial charge in [0.1, 0.15) is 0 Å². The number of hydrogen-bond acceptors (Lipinski definition) is 2. The van der Waals surface area contributed by atoms with Crippen LogP contribution in [0.4, 0.5) is 0 Å². The van der Waals surface area contributed by atoms with Crippen LogP contribution >= 0.6 is 11.8 Å². The standard InChI is InChI=1S/C6H10O2S/c1-4(2)5(9-3)6(7)8/h1-3H3,(H,7,8). The summed E-state index contributed by atoms with van der Waals surface area (Å²) in [5, 5.41) is 8.46. The molecule has 0 rings (SSSR count). The topological polar surface area (TPSA) is 37.3 Å². The molecule has 0 saturated carbocycles. The summed E-state index contributed by atoms with van der Waals surface area (Å²) < 4.78 is 0. The van der Waals surface area contributed by atoms with E-state index < -0.39 is 5.97 Å². The second-order valence-corrected chi connectivity index (χ2v) is 2.65. The van der Waals surface area contributed by atoms with Crippen LogP contribution in [0.15, 0.2) is 10.5 Å². The van der Waals surface area contributed by atoms with Crippen molar-refractivity contribution in [2.45, 2.75) is 13.8 Å². The number of thioether (sulfide) groups is 1. The van der Waals surface area contributed by atoms with Gasteiger partial charge in [-0.2, -0.15) is 0 Å². The van der Waals surface area contributed by atoms with Crippen LogP contribution in [0.3, 0.4) is 0 Å². The number of carboxylic acid groups (broad SMARTS) is 1. The smallest absolute Gasteiger partial charge is 0.342 e. The third-order valence-corrected chi connectivity index (χ3v) is 1.84. The summed E-state index contributed by atoms with van der Waals surface area (Å²) in [5.74, 6) is -0.831. The molecular weight excluding hydrogens is 136 g/mol. The van der Waals surface area contributed by atoms with Gasteiger partial charge in [0.05, 0.1) is 4.91 Å². The first-order valence-electron chi connectivity index (χ1n) is 2.54. The molecule has 0 aromatic heterocycles. The van der Waals surface area contributed by atoms with E-state index in [-0.39, 0.29) is 0 Å². The molecule has 0 radical (unpaired) electrons. The summed E-state index contributed by atoms with van der Waals surface area (Å²) >= 11 is 1.27. The van der Waals surface area contributed by atoms with Gasteiger partial charge in [0.2, 0.25) is 0 Å². The van der Waals surface area contributed by atoms with Crippen molar-refractivity contribution in [1.29, 1.82) is 0 Å². The average Bonchev–Trinajstić information content (AvgIpc) is 1.64. The lowest BCUT2D eigenvalue weighted by Crippen LogP contribution is -1.97. The lowest BCUT2D eigenvalue weighted by Gasteiger charge is -1.97. The van der Waals surface area contributed by atoms with Gasteiger partial charge in [-0.05, 0) is 20.1 Å². The third-order valence-electron chi connectivity index (χ3n) is 0.852. The highest BCUT2D eigenvalue weighted by Crippen LogP contribution is 2.15. The molecule has 3 heteroatoms. The van der Waals surface area contributed by atoms with Crippen molar-refractivity contribution >= 4 is 17.7 Å². The highest BCUT2D eigenvalue weighted by molar-refractivity contribution is 8.03. The molecule has 2 nitrogen and oxygen atoms in total. The van der Waals surface area contributed by atoms with Gasteiger partial charge in [-0.3, -0.25) is 0 Å². The number of aliphatic carboxylic acids is 1. The Morgan fingerprint density at radius 3 is 1.89 bits per heavy atom. The van der Waals surface area contributed by atoms with E-state index in [0.717, 1.165) is 5.57 Å². The first kappa shape index (κ1) is 8.56. The Morgan fingerprint density at radius 2 is 1.89 bits per heavy atom. The Bertz CT molecular complexity index is 145. The van der Waals surface area contributed by atoms with Gasteiger partial charge >= 0.3 is 5.97 Å². The first-order valence-corrected chi connectivity index (χ1v) is 3.76. The fraction of sp³-hybridized carbons (Fsp3) is 0.500. The van der Waals surface area contributed by atoms with Crippen molar-refractivity contribution in [2.24, 2.45) is 0 Å². The van der Waals surface area contributed by atoms with E-state index in [4.69, 9.17) is 5.11 Å². The van der Waals surface area contributed by atoms with E-state index in [1.165, 1.54) is 11.8 Å². The normalized spacial score (nSPS) is 8.78.